The molecule has 3 unspecified atom stereocenters. The van der Waals surface area contributed by atoms with E-state index in [9.17, 15) is 4.79 Å². The van der Waals surface area contributed by atoms with Crippen molar-refractivity contribution < 1.29 is 9.53 Å². The summed E-state index contributed by atoms with van der Waals surface area (Å²) in [6.45, 7) is 10.2. The summed E-state index contributed by atoms with van der Waals surface area (Å²) in [5.74, 6) is 0.248. The Morgan fingerprint density at radius 3 is 2.24 bits per heavy atom. The third-order valence-electron chi connectivity index (χ3n) is 3.52. The first kappa shape index (κ1) is 15.0. The second-order valence-corrected chi connectivity index (χ2v) is 7.15. The summed E-state index contributed by atoms with van der Waals surface area (Å²) in [4.78, 5) is 11.4. The van der Waals surface area contributed by atoms with Gasteiger partial charge in [0.05, 0.1) is 0 Å². The highest BCUT2D eigenvalue weighted by molar-refractivity contribution is 9.10. The molecule has 3 atom stereocenters. The average molecular weight is 306 g/mol. The van der Waals surface area contributed by atoms with E-state index < -0.39 is 0 Å². The Bertz CT molecular complexity index is 269. The minimum atomic E-state index is -0.385. The van der Waals surface area contributed by atoms with Crippen LogP contribution in [0.5, 0.6) is 0 Å². The number of halogens is 1. The average Bonchev–Trinajstić information content (AvgIpc) is 2.15. The van der Waals surface area contributed by atoms with Gasteiger partial charge >= 0.3 is 5.97 Å². The van der Waals surface area contributed by atoms with Gasteiger partial charge in [0.2, 0.25) is 0 Å². The fraction of sp³-hybridized carbons (Fsp3) is 0.923. The van der Waals surface area contributed by atoms with Crippen LogP contribution in [0.25, 0.3) is 0 Å². The van der Waals surface area contributed by atoms with Crippen molar-refractivity contribution in [1.29, 1.82) is 0 Å². The number of rotatable bonds is 3. The molecule has 0 aromatic carbocycles. The minimum absolute atomic E-state index is 0.172. The minimum Gasteiger partial charge on any atom is -0.459 e. The van der Waals surface area contributed by atoms with Crippen LogP contribution in [-0.2, 0) is 9.53 Å². The zero-order valence-electron chi connectivity index (χ0n) is 11.4. The summed E-state index contributed by atoms with van der Waals surface area (Å²) in [6, 6.07) is 0.978. The van der Waals surface area contributed by atoms with Crippen molar-refractivity contribution in [3.05, 3.63) is 0 Å². The summed E-state index contributed by atoms with van der Waals surface area (Å²) >= 11 is 3.25. The van der Waals surface area contributed by atoms with E-state index in [1.165, 1.54) is 0 Å². The Hall–Kier alpha value is -0.0900. The van der Waals surface area contributed by atoms with E-state index in [2.05, 4.69) is 35.1 Å². The highest BCUT2D eigenvalue weighted by Gasteiger charge is 2.38. The van der Waals surface area contributed by atoms with Gasteiger partial charge in [-0.2, -0.15) is 0 Å². The summed E-state index contributed by atoms with van der Waals surface area (Å²) in [5.41, 5.74) is -0.385. The van der Waals surface area contributed by atoms with Crippen LogP contribution in [0.1, 0.15) is 47.5 Å². The molecule has 1 rings (SSSR count). The maximum absolute atomic E-state index is 11.7. The highest BCUT2D eigenvalue weighted by atomic mass is 79.9. The Kier molecular flexibility index (Phi) is 5.02. The van der Waals surface area contributed by atoms with Gasteiger partial charge in [-0.3, -0.25) is 4.79 Å². The number of carbonyl (C=O) groups excluding carboxylic acids is 1. The predicted molar refractivity (Wildman–Crippen MR) is 73.3 cm³/mol. The van der Waals surface area contributed by atoms with E-state index in [1.54, 1.807) is 6.92 Å². The molecule has 1 fully saturated rings. The maximum Gasteiger partial charge on any atom is 0.319 e. The van der Waals surface area contributed by atoms with E-state index in [1.807, 2.05) is 13.8 Å². The number of nitrogens with one attached hydrogen (secondary N) is 1. The lowest BCUT2D eigenvalue weighted by atomic mass is 9.78. The molecular formula is C13H24BrNO2. The number of ether oxygens (including phenoxy) is 1. The summed E-state index contributed by atoms with van der Waals surface area (Å²) in [6.07, 6.45) is 2.11. The van der Waals surface area contributed by atoms with Gasteiger partial charge in [0.25, 0.3) is 0 Å². The van der Waals surface area contributed by atoms with Crippen LogP contribution in [-0.4, -0.2) is 28.5 Å². The lowest BCUT2D eigenvalue weighted by Gasteiger charge is -2.41. The molecule has 0 bridgehead atoms. The highest BCUT2D eigenvalue weighted by Crippen LogP contribution is 2.33. The normalized spacial score (nSPS) is 32.0. The molecule has 1 aliphatic heterocycles. The Labute approximate surface area is 113 Å². The Morgan fingerprint density at radius 2 is 1.82 bits per heavy atom. The molecule has 1 heterocycles. The Morgan fingerprint density at radius 1 is 1.35 bits per heavy atom. The standard InChI is InChI=1S/C13H24BrNO2/c1-8-6-11(7-9(2)15-8)13(4,5)17-12(16)10(3)14/h8-11,15H,6-7H2,1-5H3. The van der Waals surface area contributed by atoms with Crippen molar-refractivity contribution in [3.63, 3.8) is 0 Å². The van der Waals surface area contributed by atoms with E-state index in [0.29, 0.717) is 18.0 Å². The molecule has 1 N–H and O–H groups in total. The monoisotopic (exact) mass is 305 g/mol. The maximum atomic E-state index is 11.7. The van der Waals surface area contributed by atoms with Crippen LogP contribution in [0.4, 0.5) is 0 Å². The van der Waals surface area contributed by atoms with Crippen LogP contribution < -0.4 is 5.32 Å². The van der Waals surface area contributed by atoms with Crippen molar-refractivity contribution in [2.24, 2.45) is 5.92 Å². The lowest BCUT2D eigenvalue weighted by Crippen LogP contribution is -2.50. The lowest BCUT2D eigenvalue weighted by molar-refractivity contribution is -0.162. The van der Waals surface area contributed by atoms with Crippen LogP contribution in [0, 0.1) is 5.92 Å². The smallest absolute Gasteiger partial charge is 0.319 e. The molecule has 1 aliphatic rings. The van der Waals surface area contributed by atoms with Gasteiger partial charge in [-0.25, -0.2) is 0 Å². The first-order valence-electron chi connectivity index (χ1n) is 6.35. The molecule has 0 radical (unpaired) electrons. The Balaban J connectivity index is 2.65. The molecule has 0 aromatic rings. The second kappa shape index (κ2) is 5.70. The number of hydrogen-bond acceptors (Lipinski definition) is 3. The fourth-order valence-electron chi connectivity index (χ4n) is 2.56. The number of alkyl halides is 1. The third-order valence-corrected chi connectivity index (χ3v) is 3.89. The van der Waals surface area contributed by atoms with E-state index >= 15 is 0 Å². The first-order valence-corrected chi connectivity index (χ1v) is 7.27. The van der Waals surface area contributed by atoms with E-state index in [4.69, 9.17) is 4.74 Å². The molecule has 3 nitrogen and oxygen atoms in total. The summed E-state index contributed by atoms with van der Waals surface area (Å²) in [5, 5.41) is 3.51. The summed E-state index contributed by atoms with van der Waals surface area (Å²) in [7, 11) is 0. The van der Waals surface area contributed by atoms with Crippen LogP contribution >= 0.6 is 15.9 Å². The summed E-state index contributed by atoms with van der Waals surface area (Å²) < 4.78 is 5.62. The molecule has 0 aliphatic carbocycles. The predicted octanol–water partition coefficient (Wildman–Crippen LogP) is 2.87. The van der Waals surface area contributed by atoms with Crippen molar-refractivity contribution in [1.82, 2.24) is 5.32 Å². The van der Waals surface area contributed by atoms with Crippen LogP contribution in [0.15, 0.2) is 0 Å². The SMILES string of the molecule is CC1CC(C(C)(C)OC(=O)C(C)Br)CC(C)N1. The topological polar surface area (TPSA) is 38.3 Å². The first-order chi connectivity index (χ1) is 7.72. The van der Waals surface area contributed by atoms with Gasteiger partial charge < -0.3 is 10.1 Å². The van der Waals surface area contributed by atoms with Crippen molar-refractivity contribution in [2.45, 2.75) is 70.0 Å². The molecule has 17 heavy (non-hydrogen) atoms. The third kappa shape index (κ3) is 4.25. The number of piperidine rings is 1. The van der Waals surface area contributed by atoms with Gasteiger partial charge in [-0.15, -0.1) is 0 Å². The fourth-order valence-corrected chi connectivity index (χ4v) is 2.66. The van der Waals surface area contributed by atoms with Gasteiger partial charge in [-0.1, -0.05) is 15.9 Å². The zero-order chi connectivity index (χ0) is 13.2. The second-order valence-electron chi connectivity index (χ2n) is 5.78. The molecule has 100 valence electrons. The van der Waals surface area contributed by atoms with Gasteiger partial charge in [0.15, 0.2) is 0 Å². The molecule has 0 spiro atoms. The molecule has 4 heteroatoms. The molecule has 0 saturated carbocycles. The quantitative estimate of drug-likeness (QED) is 0.643. The van der Waals surface area contributed by atoms with Crippen LogP contribution in [0.2, 0.25) is 0 Å². The number of hydrogen-bond donors (Lipinski definition) is 1. The van der Waals surface area contributed by atoms with E-state index in [-0.39, 0.29) is 16.4 Å². The van der Waals surface area contributed by atoms with Crippen molar-refractivity contribution >= 4 is 21.9 Å². The van der Waals surface area contributed by atoms with Gasteiger partial charge in [-0.05, 0) is 47.5 Å². The molecule has 0 amide bonds. The van der Waals surface area contributed by atoms with Crippen LogP contribution in [0.3, 0.4) is 0 Å². The molecule has 0 aromatic heterocycles. The zero-order valence-corrected chi connectivity index (χ0v) is 13.0. The number of carbonyl (C=O) groups is 1. The number of esters is 1. The van der Waals surface area contributed by atoms with Crippen molar-refractivity contribution in [2.75, 3.05) is 0 Å². The van der Waals surface area contributed by atoms with Crippen molar-refractivity contribution in [3.8, 4) is 0 Å². The molecule has 1 saturated heterocycles. The van der Waals surface area contributed by atoms with Gasteiger partial charge in [0.1, 0.15) is 10.4 Å². The van der Waals surface area contributed by atoms with E-state index in [0.717, 1.165) is 12.8 Å². The van der Waals surface area contributed by atoms with Gasteiger partial charge in [0, 0.05) is 18.0 Å². The largest absolute Gasteiger partial charge is 0.459 e. The molecular weight excluding hydrogens is 282 g/mol.